The highest BCUT2D eigenvalue weighted by Gasteiger charge is 2.32. The van der Waals surface area contributed by atoms with Crippen molar-refractivity contribution in [3.05, 3.63) is 43.1 Å². The maximum Gasteiger partial charge on any atom is 0.208 e. The predicted molar refractivity (Wildman–Crippen MR) is 101 cm³/mol. The molecule has 0 saturated heterocycles. The van der Waals surface area contributed by atoms with Crippen LogP contribution < -0.4 is 9.80 Å². The van der Waals surface area contributed by atoms with Crippen molar-refractivity contribution in [2.45, 2.75) is 41.5 Å². The molecule has 3 rings (SSSR count). The molecule has 0 aliphatic carbocycles. The quantitative estimate of drug-likeness (QED) is 0.717. The first-order chi connectivity index (χ1) is 10.6. The van der Waals surface area contributed by atoms with Crippen molar-refractivity contribution in [2.75, 3.05) is 22.9 Å². The lowest BCUT2D eigenvalue weighted by Crippen LogP contribution is -2.35. The molecule has 1 heterocycles. The van der Waals surface area contributed by atoms with E-state index in [4.69, 9.17) is 0 Å². The minimum Gasteiger partial charge on any atom is -0.339 e. The minimum absolute atomic E-state index is 0.230. The molecular formula is C21H28N2. The van der Waals surface area contributed by atoms with Crippen LogP contribution in [0.3, 0.4) is 0 Å². The van der Waals surface area contributed by atoms with Crippen LogP contribution in [-0.4, -0.2) is 13.1 Å². The molecule has 0 amide bonds. The fourth-order valence-corrected chi connectivity index (χ4v) is 3.09. The third kappa shape index (κ3) is 3.63. The molecule has 0 aromatic heterocycles. The van der Waals surface area contributed by atoms with Gasteiger partial charge in [0, 0.05) is 13.1 Å². The normalized spacial score (nSPS) is 15.4. The highest BCUT2D eigenvalue weighted by atomic mass is 15.4. The Balaban J connectivity index is 2.05. The third-order valence-electron chi connectivity index (χ3n) is 3.93. The molecule has 122 valence electrons. The summed E-state index contributed by atoms with van der Waals surface area (Å²) in [6, 6.07) is 13.2. The van der Waals surface area contributed by atoms with E-state index in [0.717, 1.165) is 13.1 Å². The van der Waals surface area contributed by atoms with Crippen molar-refractivity contribution in [1.82, 2.24) is 0 Å². The summed E-state index contributed by atoms with van der Waals surface area (Å²) in [5.74, 6) is 0. The SMILES string of the molecule is CC(C)(C)CN1[C]N(CC(C)(C)C)c2cc3ccccc3cc21. The van der Waals surface area contributed by atoms with Crippen molar-refractivity contribution < 1.29 is 0 Å². The Morgan fingerprint density at radius 2 is 1.13 bits per heavy atom. The van der Waals surface area contributed by atoms with Gasteiger partial charge in [0.1, 0.15) is 0 Å². The fourth-order valence-electron chi connectivity index (χ4n) is 3.09. The largest absolute Gasteiger partial charge is 0.339 e. The van der Waals surface area contributed by atoms with Gasteiger partial charge in [-0.15, -0.1) is 0 Å². The zero-order chi connectivity index (χ0) is 16.8. The maximum atomic E-state index is 3.61. The second kappa shape index (κ2) is 5.43. The van der Waals surface area contributed by atoms with Gasteiger partial charge >= 0.3 is 0 Å². The number of hydrogen-bond donors (Lipinski definition) is 0. The highest BCUT2D eigenvalue weighted by Crippen LogP contribution is 2.43. The van der Waals surface area contributed by atoms with Gasteiger partial charge in [0.25, 0.3) is 0 Å². The van der Waals surface area contributed by atoms with Crippen molar-refractivity contribution in [3.8, 4) is 0 Å². The molecule has 0 saturated carbocycles. The van der Waals surface area contributed by atoms with E-state index < -0.39 is 0 Å². The van der Waals surface area contributed by atoms with E-state index in [1.54, 1.807) is 0 Å². The van der Waals surface area contributed by atoms with E-state index in [0.29, 0.717) is 0 Å². The van der Waals surface area contributed by atoms with Crippen LogP contribution in [0.5, 0.6) is 0 Å². The van der Waals surface area contributed by atoms with Gasteiger partial charge in [-0.2, -0.15) is 0 Å². The van der Waals surface area contributed by atoms with E-state index in [9.17, 15) is 0 Å². The first-order valence-electron chi connectivity index (χ1n) is 8.47. The number of benzene rings is 2. The van der Waals surface area contributed by atoms with Crippen LogP contribution in [0.15, 0.2) is 36.4 Å². The smallest absolute Gasteiger partial charge is 0.208 e. The molecule has 0 N–H and O–H groups in total. The van der Waals surface area contributed by atoms with Crippen molar-refractivity contribution in [1.29, 1.82) is 0 Å². The number of nitrogens with zero attached hydrogens (tertiary/aromatic N) is 2. The first-order valence-corrected chi connectivity index (χ1v) is 8.47. The molecule has 0 fully saturated rings. The summed E-state index contributed by atoms with van der Waals surface area (Å²) in [5.41, 5.74) is 3.02. The van der Waals surface area contributed by atoms with E-state index >= 15 is 0 Å². The van der Waals surface area contributed by atoms with Crippen molar-refractivity contribution >= 4 is 22.1 Å². The molecule has 0 bridgehead atoms. The van der Waals surface area contributed by atoms with Gasteiger partial charge in [0.15, 0.2) is 0 Å². The van der Waals surface area contributed by atoms with E-state index in [2.05, 4.69) is 94.4 Å². The van der Waals surface area contributed by atoms with Crippen LogP contribution in [0.4, 0.5) is 11.4 Å². The Labute approximate surface area is 141 Å². The van der Waals surface area contributed by atoms with Crippen LogP contribution in [0.2, 0.25) is 0 Å². The summed E-state index contributed by atoms with van der Waals surface area (Å²) in [6.45, 7) is 19.2. The van der Waals surface area contributed by atoms with Crippen molar-refractivity contribution in [3.63, 3.8) is 0 Å². The molecule has 1 aliphatic heterocycles. The third-order valence-corrected chi connectivity index (χ3v) is 3.93. The van der Waals surface area contributed by atoms with Gasteiger partial charge in [0.05, 0.1) is 11.4 Å². The zero-order valence-corrected chi connectivity index (χ0v) is 15.3. The van der Waals surface area contributed by atoms with Crippen LogP contribution in [0.25, 0.3) is 10.8 Å². The molecule has 0 atom stereocenters. The Morgan fingerprint density at radius 1 is 0.739 bits per heavy atom. The van der Waals surface area contributed by atoms with Crippen LogP contribution in [0, 0.1) is 17.5 Å². The van der Waals surface area contributed by atoms with E-state index in [1.165, 1.54) is 22.1 Å². The Hall–Kier alpha value is -1.70. The summed E-state index contributed by atoms with van der Waals surface area (Å²) in [5, 5.41) is 2.59. The molecule has 0 spiro atoms. The standard InChI is InChI=1S/C21H28N2/c1-20(2,3)13-22-15-23(14-21(4,5)6)19-12-17-10-8-7-9-16(17)11-18(19)22/h7-12H,13-14H2,1-6H3. The highest BCUT2D eigenvalue weighted by molar-refractivity contribution is 5.95. The average Bonchev–Trinajstić information content (AvgIpc) is 2.70. The molecule has 2 aromatic carbocycles. The van der Waals surface area contributed by atoms with Gasteiger partial charge in [-0.05, 0) is 33.7 Å². The van der Waals surface area contributed by atoms with Gasteiger partial charge in [-0.25, -0.2) is 0 Å². The van der Waals surface area contributed by atoms with Crippen LogP contribution >= 0.6 is 0 Å². The summed E-state index contributed by atoms with van der Waals surface area (Å²) < 4.78 is 0. The number of hydrogen-bond acceptors (Lipinski definition) is 2. The average molecular weight is 308 g/mol. The maximum absolute atomic E-state index is 3.61. The van der Waals surface area contributed by atoms with Crippen molar-refractivity contribution in [2.24, 2.45) is 10.8 Å². The van der Waals surface area contributed by atoms with Crippen LogP contribution in [-0.2, 0) is 0 Å². The molecule has 2 aromatic rings. The number of fused-ring (bicyclic) bond motifs is 2. The second-order valence-electron chi connectivity index (χ2n) is 9.08. The van der Waals surface area contributed by atoms with Gasteiger partial charge < -0.3 is 9.80 Å². The predicted octanol–water partition coefficient (Wildman–Crippen LogP) is 5.55. The molecular weight excluding hydrogens is 280 g/mol. The molecule has 2 nitrogen and oxygen atoms in total. The number of anilines is 2. The summed E-state index contributed by atoms with van der Waals surface area (Å²) >= 11 is 0. The van der Waals surface area contributed by atoms with E-state index in [-0.39, 0.29) is 10.8 Å². The zero-order valence-electron chi connectivity index (χ0n) is 15.3. The topological polar surface area (TPSA) is 6.48 Å². The van der Waals surface area contributed by atoms with Gasteiger partial charge in [-0.1, -0.05) is 65.8 Å². The first kappa shape index (κ1) is 16.2. The number of rotatable bonds is 2. The molecule has 2 heteroatoms. The minimum atomic E-state index is 0.230. The molecule has 23 heavy (non-hydrogen) atoms. The Morgan fingerprint density at radius 3 is 1.48 bits per heavy atom. The van der Waals surface area contributed by atoms with Gasteiger partial charge in [0.2, 0.25) is 6.67 Å². The summed E-state index contributed by atoms with van der Waals surface area (Å²) in [4.78, 5) is 4.60. The van der Waals surface area contributed by atoms with E-state index in [1.807, 2.05) is 0 Å². The monoisotopic (exact) mass is 308 g/mol. The molecule has 1 aliphatic rings. The Kier molecular flexibility index (Phi) is 3.82. The molecule has 0 unspecified atom stereocenters. The van der Waals surface area contributed by atoms with Gasteiger partial charge in [-0.3, -0.25) is 0 Å². The summed E-state index contributed by atoms with van der Waals surface area (Å²) in [7, 11) is 0. The summed E-state index contributed by atoms with van der Waals surface area (Å²) in [6.07, 6.45) is 0. The lowest BCUT2D eigenvalue weighted by molar-refractivity contribution is 0.406. The van der Waals surface area contributed by atoms with Crippen LogP contribution in [0.1, 0.15) is 41.5 Å². The second-order valence-corrected chi connectivity index (χ2v) is 9.08. The molecule has 2 radical (unpaired) electrons. The fraction of sp³-hybridized carbons (Fsp3) is 0.476. The lowest BCUT2D eigenvalue weighted by atomic mass is 9.96. The Bertz CT molecular complexity index is 643. The lowest BCUT2D eigenvalue weighted by Gasteiger charge is -2.29.